The minimum atomic E-state index is -0.770. The first kappa shape index (κ1) is 18.6. The number of esters is 1. The molecule has 4 aliphatic rings. The summed E-state index contributed by atoms with van der Waals surface area (Å²) in [7, 11) is 1.24. The molecule has 4 rings (SSSR count). The van der Waals surface area contributed by atoms with Crippen molar-refractivity contribution in [1.82, 2.24) is 0 Å². The van der Waals surface area contributed by atoms with E-state index in [1.165, 1.54) is 7.11 Å². The smallest absolute Gasteiger partial charge is 0.374 e. The summed E-state index contributed by atoms with van der Waals surface area (Å²) >= 11 is 0. The van der Waals surface area contributed by atoms with Crippen LogP contribution in [0.15, 0.2) is 23.8 Å². The minimum absolute atomic E-state index is 0.0284. The number of methoxy groups -OCH3 is 1. The summed E-state index contributed by atoms with van der Waals surface area (Å²) in [5.74, 6) is -0.929. The third-order valence-corrected chi connectivity index (χ3v) is 8.20. The van der Waals surface area contributed by atoms with Crippen molar-refractivity contribution in [1.29, 1.82) is 0 Å². The van der Waals surface area contributed by atoms with Gasteiger partial charge in [-0.25, -0.2) is 4.79 Å². The second-order valence-electron chi connectivity index (χ2n) is 9.29. The van der Waals surface area contributed by atoms with Crippen LogP contribution in [0.5, 0.6) is 0 Å². The zero-order valence-corrected chi connectivity index (χ0v) is 16.2. The minimum Gasteiger partial charge on any atom is -0.463 e. The zero-order chi connectivity index (χ0) is 19.6. The van der Waals surface area contributed by atoms with E-state index in [4.69, 9.17) is 0 Å². The van der Waals surface area contributed by atoms with E-state index in [0.29, 0.717) is 18.8 Å². The fraction of sp³-hybridized carbons (Fsp3) is 0.682. The first-order chi connectivity index (χ1) is 12.7. The van der Waals surface area contributed by atoms with Crippen molar-refractivity contribution in [3.8, 4) is 0 Å². The van der Waals surface area contributed by atoms with Crippen molar-refractivity contribution in [2.45, 2.75) is 52.1 Å². The van der Waals surface area contributed by atoms with E-state index in [-0.39, 0.29) is 34.4 Å². The maximum atomic E-state index is 12.6. The summed E-state index contributed by atoms with van der Waals surface area (Å²) in [4.78, 5) is 36.3. The topological polar surface area (TPSA) is 80.7 Å². The first-order valence-electron chi connectivity index (χ1n) is 9.97. The van der Waals surface area contributed by atoms with Crippen molar-refractivity contribution >= 4 is 17.5 Å². The Morgan fingerprint density at radius 2 is 1.96 bits per heavy atom. The lowest BCUT2D eigenvalue weighted by molar-refractivity contribution is -0.159. The number of aliphatic hydroxyl groups excluding tert-OH is 1. The van der Waals surface area contributed by atoms with Crippen LogP contribution in [0.4, 0.5) is 0 Å². The molecule has 4 aliphatic carbocycles. The van der Waals surface area contributed by atoms with Crippen molar-refractivity contribution in [3.63, 3.8) is 0 Å². The van der Waals surface area contributed by atoms with Gasteiger partial charge in [0.25, 0.3) is 0 Å². The highest BCUT2D eigenvalue weighted by molar-refractivity contribution is 6.34. The number of Topliss-reactive ketones (excluding diaryl/α,β-unsaturated/α-hetero) is 1. The Kier molecular flexibility index (Phi) is 4.22. The number of allylic oxidation sites excluding steroid dienone is 4. The molecule has 0 bridgehead atoms. The van der Waals surface area contributed by atoms with Gasteiger partial charge in [-0.1, -0.05) is 25.5 Å². The monoisotopic (exact) mass is 372 g/mol. The third-order valence-electron chi connectivity index (χ3n) is 8.20. The SMILES string of the molecule is COC(=O)C(=O)[C@H]1CC[C@H]2[C@@H]3CCC4=CC(=O)C=C[C@]4(C)[C@H]3[C@@H](O)C[C@]12C. The maximum absolute atomic E-state index is 12.6. The first-order valence-corrected chi connectivity index (χ1v) is 9.97. The Balaban J connectivity index is 1.69. The standard InChI is InChI=1S/C22H28O5/c1-21-9-8-13(23)10-12(21)4-5-14-15-6-7-16(19(25)20(26)27-3)22(15,2)11-17(24)18(14)21/h8-10,14-18,24H,4-7,11H2,1-3H3/t14-,15-,16+,17-,18+,21-,22-/m0/s1. The molecule has 0 aliphatic heterocycles. The van der Waals surface area contributed by atoms with Crippen molar-refractivity contribution in [2.75, 3.05) is 7.11 Å². The van der Waals surface area contributed by atoms with Crippen LogP contribution in [0.1, 0.15) is 46.0 Å². The Morgan fingerprint density at radius 3 is 2.67 bits per heavy atom. The highest BCUT2D eigenvalue weighted by Crippen LogP contribution is 2.66. The van der Waals surface area contributed by atoms with Crippen LogP contribution < -0.4 is 0 Å². The van der Waals surface area contributed by atoms with Gasteiger partial charge in [0.1, 0.15) is 0 Å². The molecule has 0 unspecified atom stereocenters. The van der Waals surface area contributed by atoms with Gasteiger partial charge < -0.3 is 9.84 Å². The Hall–Kier alpha value is -1.75. The van der Waals surface area contributed by atoms with Gasteiger partial charge >= 0.3 is 5.97 Å². The zero-order valence-electron chi connectivity index (χ0n) is 16.2. The van der Waals surface area contributed by atoms with Gasteiger partial charge in [-0.15, -0.1) is 0 Å². The van der Waals surface area contributed by atoms with Gasteiger partial charge in [0, 0.05) is 17.3 Å². The molecule has 0 radical (unpaired) electrons. The predicted molar refractivity (Wildman–Crippen MR) is 98.5 cm³/mol. The van der Waals surface area contributed by atoms with Crippen LogP contribution in [0.25, 0.3) is 0 Å². The van der Waals surface area contributed by atoms with Gasteiger partial charge in [-0.3, -0.25) is 9.59 Å². The molecule has 7 atom stereocenters. The molecule has 1 N–H and O–H groups in total. The molecular formula is C22H28O5. The number of ketones is 2. The molecule has 0 aromatic carbocycles. The van der Waals surface area contributed by atoms with Crippen LogP contribution in [-0.2, 0) is 19.1 Å². The summed E-state index contributed by atoms with van der Waals surface area (Å²) in [5.41, 5.74) is 0.443. The van der Waals surface area contributed by atoms with E-state index in [9.17, 15) is 19.5 Å². The molecular weight excluding hydrogens is 344 g/mol. The number of ether oxygens (including phenoxy) is 1. The highest BCUT2D eigenvalue weighted by atomic mass is 16.5. The lowest BCUT2D eigenvalue weighted by Crippen LogP contribution is -2.56. The van der Waals surface area contributed by atoms with E-state index in [1.54, 1.807) is 12.2 Å². The lowest BCUT2D eigenvalue weighted by Gasteiger charge is -2.58. The highest BCUT2D eigenvalue weighted by Gasteiger charge is 2.63. The van der Waals surface area contributed by atoms with Crippen molar-refractivity contribution in [3.05, 3.63) is 23.8 Å². The number of rotatable bonds is 2. The maximum Gasteiger partial charge on any atom is 0.374 e. The number of fused-ring (bicyclic) bond motifs is 5. The molecule has 27 heavy (non-hydrogen) atoms. The van der Waals surface area contributed by atoms with E-state index in [0.717, 1.165) is 24.8 Å². The number of hydrogen-bond acceptors (Lipinski definition) is 5. The third kappa shape index (κ3) is 2.50. The number of aliphatic hydroxyl groups is 1. The van der Waals surface area contributed by atoms with Gasteiger partial charge in [0.05, 0.1) is 13.2 Å². The van der Waals surface area contributed by atoms with Crippen molar-refractivity contribution in [2.24, 2.45) is 34.5 Å². The molecule has 5 nitrogen and oxygen atoms in total. The van der Waals surface area contributed by atoms with Crippen molar-refractivity contribution < 1.29 is 24.2 Å². The number of carbonyl (C=O) groups is 3. The average Bonchev–Trinajstić information content (AvgIpc) is 2.97. The summed E-state index contributed by atoms with van der Waals surface area (Å²) in [6.07, 6.45) is 8.66. The van der Waals surface area contributed by atoms with E-state index in [2.05, 4.69) is 18.6 Å². The normalized spacial score (nSPS) is 45.4. The van der Waals surface area contributed by atoms with Crippen LogP contribution in [-0.4, -0.2) is 35.9 Å². The molecule has 3 fully saturated rings. The molecule has 0 aromatic heterocycles. The Labute approximate surface area is 159 Å². The molecule has 0 amide bonds. The second-order valence-corrected chi connectivity index (χ2v) is 9.29. The molecule has 0 aromatic rings. The van der Waals surface area contributed by atoms with Crippen LogP contribution in [0.2, 0.25) is 0 Å². The number of hydrogen-bond donors (Lipinski definition) is 1. The van der Waals surface area contributed by atoms with E-state index < -0.39 is 17.9 Å². The summed E-state index contributed by atoms with van der Waals surface area (Å²) in [5, 5.41) is 11.2. The van der Waals surface area contributed by atoms with E-state index in [1.807, 2.05) is 6.08 Å². The summed E-state index contributed by atoms with van der Waals surface area (Å²) in [6, 6.07) is 0. The lowest BCUT2D eigenvalue weighted by atomic mass is 9.46. The Morgan fingerprint density at radius 1 is 1.22 bits per heavy atom. The fourth-order valence-corrected chi connectivity index (χ4v) is 7.00. The quantitative estimate of drug-likeness (QED) is 0.595. The summed E-state index contributed by atoms with van der Waals surface area (Å²) < 4.78 is 4.68. The molecule has 5 heteroatoms. The predicted octanol–water partition coefficient (Wildman–Crippen LogP) is 2.62. The second kappa shape index (κ2) is 6.13. The van der Waals surface area contributed by atoms with Crippen LogP contribution >= 0.6 is 0 Å². The van der Waals surface area contributed by atoms with Gasteiger partial charge in [0.15, 0.2) is 5.78 Å². The molecule has 146 valence electrons. The largest absolute Gasteiger partial charge is 0.463 e. The van der Waals surface area contributed by atoms with E-state index >= 15 is 0 Å². The average molecular weight is 372 g/mol. The fourth-order valence-electron chi connectivity index (χ4n) is 7.00. The molecule has 0 saturated heterocycles. The van der Waals surface area contributed by atoms with Gasteiger partial charge in [-0.05, 0) is 61.5 Å². The van der Waals surface area contributed by atoms with Gasteiger partial charge in [0.2, 0.25) is 5.78 Å². The van der Waals surface area contributed by atoms with Gasteiger partial charge in [-0.2, -0.15) is 0 Å². The summed E-state index contributed by atoms with van der Waals surface area (Å²) in [6.45, 7) is 4.21. The molecule has 3 saturated carbocycles. The molecule has 0 spiro atoms. The number of carbonyl (C=O) groups excluding carboxylic acids is 3. The van der Waals surface area contributed by atoms with Crippen LogP contribution in [0, 0.1) is 34.5 Å². The molecule has 0 heterocycles. The van der Waals surface area contributed by atoms with Crippen LogP contribution in [0.3, 0.4) is 0 Å². The Bertz CT molecular complexity index is 765.